The topological polar surface area (TPSA) is 50.4 Å². The molecule has 0 heterocycles. The lowest BCUT2D eigenvalue weighted by Gasteiger charge is -2.05. The molecule has 1 rings (SSSR count). The zero-order chi connectivity index (χ0) is 10.4. The van der Waals surface area contributed by atoms with E-state index in [-0.39, 0.29) is 6.04 Å². The van der Waals surface area contributed by atoms with Gasteiger partial charge >= 0.3 is 0 Å². The minimum Gasteiger partial charge on any atom is -0.370 e. The molecule has 0 aliphatic carbocycles. The van der Waals surface area contributed by atoms with Crippen LogP contribution in [0.4, 0.5) is 5.69 Å². The Morgan fingerprint density at radius 1 is 1.50 bits per heavy atom. The maximum Gasteiger partial charge on any atom is 0.194 e. The third kappa shape index (κ3) is 3.20. The Bertz CT molecular complexity index is 349. The normalized spacial score (nSPS) is 13.0. The molecular weight excluding hydrogens is 174 g/mol. The van der Waals surface area contributed by atoms with E-state index in [1.165, 1.54) is 0 Å². The van der Waals surface area contributed by atoms with Crippen LogP contribution in [-0.4, -0.2) is 12.0 Å². The lowest BCUT2D eigenvalue weighted by molar-refractivity contribution is 0.955. The van der Waals surface area contributed by atoms with Gasteiger partial charge in [0.1, 0.15) is 6.04 Å². The van der Waals surface area contributed by atoms with Crippen LogP contribution in [0.2, 0.25) is 0 Å². The molecule has 0 saturated carbocycles. The smallest absolute Gasteiger partial charge is 0.194 e. The van der Waals surface area contributed by atoms with Crippen LogP contribution < -0.4 is 11.1 Å². The van der Waals surface area contributed by atoms with Crippen LogP contribution in [0.15, 0.2) is 35.3 Å². The first-order chi connectivity index (χ1) is 6.72. The number of nitrogens with one attached hydrogen (secondary N) is 1. The summed E-state index contributed by atoms with van der Waals surface area (Å²) in [5.74, 6) is 2.81. The molecule has 0 aliphatic heterocycles. The highest BCUT2D eigenvalue weighted by Crippen LogP contribution is 2.03. The molecule has 3 nitrogen and oxygen atoms in total. The molecule has 0 fully saturated rings. The SMILES string of the molecule is C#CC(C)N=C(N)Nc1ccccc1. The summed E-state index contributed by atoms with van der Waals surface area (Å²) in [6.07, 6.45) is 5.17. The average molecular weight is 187 g/mol. The van der Waals surface area contributed by atoms with Crippen molar-refractivity contribution in [2.45, 2.75) is 13.0 Å². The van der Waals surface area contributed by atoms with Gasteiger partial charge < -0.3 is 11.1 Å². The van der Waals surface area contributed by atoms with Crippen molar-refractivity contribution in [3.8, 4) is 12.3 Å². The monoisotopic (exact) mass is 187 g/mol. The van der Waals surface area contributed by atoms with Gasteiger partial charge in [0.25, 0.3) is 0 Å². The van der Waals surface area contributed by atoms with Crippen molar-refractivity contribution in [1.82, 2.24) is 0 Å². The summed E-state index contributed by atoms with van der Waals surface area (Å²) in [6.45, 7) is 1.81. The van der Waals surface area contributed by atoms with Crippen LogP contribution in [0.5, 0.6) is 0 Å². The molecule has 1 atom stereocenters. The minimum absolute atomic E-state index is 0.203. The number of para-hydroxylation sites is 1. The second kappa shape index (κ2) is 4.93. The third-order valence-corrected chi connectivity index (χ3v) is 1.62. The third-order valence-electron chi connectivity index (χ3n) is 1.62. The predicted molar refractivity (Wildman–Crippen MR) is 60.0 cm³/mol. The summed E-state index contributed by atoms with van der Waals surface area (Å²) in [4.78, 5) is 4.04. The molecule has 0 spiro atoms. The lowest BCUT2D eigenvalue weighted by Crippen LogP contribution is -2.24. The van der Waals surface area contributed by atoms with Crippen LogP contribution in [0, 0.1) is 12.3 Å². The lowest BCUT2D eigenvalue weighted by atomic mass is 10.3. The Balaban J connectivity index is 2.62. The van der Waals surface area contributed by atoms with E-state index >= 15 is 0 Å². The second-order valence-electron chi connectivity index (χ2n) is 2.85. The van der Waals surface area contributed by atoms with Crippen molar-refractivity contribution < 1.29 is 0 Å². The van der Waals surface area contributed by atoms with Crippen molar-refractivity contribution in [1.29, 1.82) is 0 Å². The Morgan fingerprint density at radius 3 is 2.71 bits per heavy atom. The first-order valence-electron chi connectivity index (χ1n) is 4.34. The van der Waals surface area contributed by atoms with Gasteiger partial charge in [-0.05, 0) is 19.1 Å². The first-order valence-corrected chi connectivity index (χ1v) is 4.34. The standard InChI is InChI=1S/C11H13N3/c1-3-9(2)13-11(12)14-10-7-5-4-6-8-10/h1,4-9H,2H3,(H3,12,13,14). The van der Waals surface area contributed by atoms with Gasteiger partial charge in [0.05, 0.1) is 0 Å². The molecular formula is C11H13N3. The second-order valence-corrected chi connectivity index (χ2v) is 2.85. The Labute approximate surface area is 84.0 Å². The number of aliphatic imine (C=N–C) groups is 1. The van der Waals surface area contributed by atoms with Gasteiger partial charge in [-0.2, -0.15) is 0 Å². The largest absolute Gasteiger partial charge is 0.370 e. The molecule has 0 aliphatic rings. The number of benzene rings is 1. The van der Waals surface area contributed by atoms with E-state index in [1.807, 2.05) is 30.3 Å². The molecule has 1 aromatic carbocycles. The maximum atomic E-state index is 5.63. The van der Waals surface area contributed by atoms with Crippen molar-refractivity contribution >= 4 is 11.6 Å². The van der Waals surface area contributed by atoms with E-state index in [9.17, 15) is 0 Å². The molecule has 1 unspecified atom stereocenters. The molecule has 14 heavy (non-hydrogen) atoms. The summed E-state index contributed by atoms with van der Waals surface area (Å²) < 4.78 is 0. The van der Waals surface area contributed by atoms with E-state index in [2.05, 4.69) is 16.2 Å². The fraction of sp³-hybridized carbons (Fsp3) is 0.182. The number of nitrogens with two attached hydrogens (primary N) is 1. The summed E-state index contributed by atoms with van der Waals surface area (Å²) in [7, 11) is 0. The Kier molecular flexibility index (Phi) is 3.57. The van der Waals surface area contributed by atoms with E-state index in [4.69, 9.17) is 12.2 Å². The highest BCUT2D eigenvalue weighted by atomic mass is 15.1. The number of guanidine groups is 1. The summed E-state index contributed by atoms with van der Waals surface area (Å²) in [5, 5.41) is 2.94. The highest BCUT2D eigenvalue weighted by Gasteiger charge is 1.95. The molecule has 0 radical (unpaired) electrons. The molecule has 3 heteroatoms. The van der Waals surface area contributed by atoms with Crippen LogP contribution >= 0.6 is 0 Å². The number of terminal acetylenes is 1. The molecule has 0 amide bonds. The molecule has 3 N–H and O–H groups in total. The minimum atomic E-state index is -0.203. The zero-order valence-corrected chi connectivity index (χ0v) is 8.07. The predicted octanol–water partition coefficient (Wildman–Crippen LogP) is 1.43. The zero-order valence-electron chi connectivity index (χ0n) is 8.07. The van der Waals surface area contributed by atoms with Gasteiger partial charge in [-0.25, -0.2) is 4.99 Å². The number of nitrogens with zero attached hydrogens (tertiary/aromatic N) is 1. The van der Waals surface area contributed by atoms with Crippen molar-refractivity contribution in [2.24, 2.45) is 10.7 Å². The molecule has 72 valence electrons. The van der Waals surface area contributed by atoms with Crippen LogP contribution in [0.3, 0.4) is 0 Å². The van der Waals surface area contributed by atoms with Gasteiger partial charge in [-0.1, -0.05) is 24.1 Å². The van der Waals surface area contributed by atoms with E-state index < -0.39 is 0 Å². The Morgan fingerprint density at radius 2 is 2.14 bits per heavy atom. The fourth-order valence-electron chi connectivity index (χ4n) is 0.948. The van der Waals surface area contributed by atoms with Crippen LogP contribution in [-0.2, 0) is 0 Å². The highest BCUT2D eigenvalue weighted by molar-refractivity contribution is 5.92. The number of hydrogen-bond donors (Lipinski definition) is 2. The molecule has 0 bridgehead atoms. The van der Waals surface area contributed by atoms with Crippen LogP contribution in [0.25, 0.3) is 0 Å². The Hall–Kier alpha value is -1.95. The van der Waals surface area contributed by atoms with Gasteiger partial charge in [0, 0.05) is 5.69 Å². The van der Waals surface area contributed by atoms with Gasteiger partial charge in [0.15, 0.2) is 5.96 Å². The van der Waals surface area contributed by atoms with Crippen molar-refractivity contribution in [3.63, 3.8) is 0 Å². The summed E-state index contributed by atoms with van der Waals surface area (Å²) >= 11 is 0. The molecule has 1 aromatic rings. The van der Waals surface area contributed by atoms with Crippen molar-refractivity contribution in [2.75, 3.05) is 5.32 Å². The molecule has 0 aromatic heterocycles. The summed E-state index contributed by atoms with van der Waals surface area (Å²) in [5.41, 5.74) is 6.53. The van der Waals surface area contributed by atoms with Crippen molar-refractivity contribution in [3.05, 3.63) is 30.3 Å². The van der Waals surface area contributed by atoms with E-state index in [0.29, 0.717) is 5.96 Å². The number of hydrogen-bond acceptors (Lipinski definition) is 1. The number of anilines is 1. The van der Waals surface area contributed by atoms with Crippen LogP contribution in [0.1, 0.15) is 6.92 Å². The average Bonchev–Trinajstić information content (AvgIpc) is 2.19. The first kappa shape index (κ1) is 10.1. The van der Waals surface area contributed by atoms with Gasteiger partial charge in [-0.3, -0.25) is 0 Å². The quantitative estimate of drug-likeness (QED) is 0.418. The van der Waals surface area contributed by atoms with Gasteiger partial charge in [0.2, 0.25) is 0 Å². The number of rotatable bonds is 2. The van der Waals surface area contributed by atoms with E-state index in [1.54, 1.807) is 6.92 Å². The fourth-order valence-corrected chi connectivity index (χ4v) is 0.948. The van der Waals surface area contributed by atoms with E-state index in [0.717, 1.165) is 5.69 Å². The van der Waals surface area contributed by atoms with Gasteiger partial charge in [-0.15, -0.1) is 6.42 Å². The maximum absolute atomic E-state index is 5.63. The summed E-state index contributed by atoms with van der Waals surface area (Å²) in [6, 6.07) is 9.38. The molecule has 0 saturated heterocycles.